The largest absolute Gasteiger partial charge is 3.00 e. The second-order valence-corrected chi connectivity index (χ2v) is 2.01. The maximum absolute atomic E-state index is 8.25. The molecule has 2 radical (unpaired) electrons. The Bertz CT molecular complexity index is 434. The van der Waals surface area contributed by atoms with Crippen LogP contribution >= 0.6 is 0 Å². The molecular formula is AlCoCuN9NiO27. The van der Waals surface area contributed by atoms with Gasteiger partial charge in [0.1, 0.15) is 0 Å². The molecule has 0 aliphatic heterocycles. The van der Waals surface area contributed by atoms with Crippen LogP contribution in [0.3, 0.4) is 0 Å². The molecule has 0 unspecified atom stereocenters. The molecule has 0 aromatic carbocycles. The van der Waals surface area contributed by atoms with Crippen LogP contribution in [0.25, 0.3) is 0 Å². The first kappa shape index (κ1) is 83.6. The summed E-state index contributed by atoms with van der Waals surface area (Å²) in [5.41, 5.74) is 0. The van der Waals surface area contributed by atoms with Crippen LogP contribution in [-0.2, 0) is 50.3 Å². The third-order valence-electron chi connectivity index (χ3n) is 0. The van der Waals surface area contributed by atoms with E-state index in [0.717, 1.165) is 0 Å². The number of hydrogen-bond acceptors (Lipinski definition) is 27. The Balaban J connectivity index is -0.0000000184. The fraction of sp³-hybridized carbons (Fsp3) is 0. The molecular weight excluding hydrogens is 766 g/mol. The van der Waals surface area contributed by atoms with Crippen molar-refractivity contribution in [3.05, 3.63) is 138 Å². The quantitative estimate of drug-likeness (QED) is 0.139. The molecule has 0 fully saturated rings. The van der Waals surface area contributed by atoms with Crippen LogP contribution in [0.4, 0.5) is 0 Å². The molecule has 0 aromatic rings. The second-order valence-electron chi connectivity index (χ2n) is 2.01. The third-order valence-corrected chi connectivity index (χ3v) is 0. The zero-order valence-electron chi connectivity index (χ0n) is 16.6. The molecule has 40 heavy (non-hydrogen) atoms. The fourth-order valence-electron chi connectivity index (χ4n) is 0. The van der Waals surface area contributed by atoms with Crippen molar-refractivity contribution in [2.75, 3.05) is 0 Å². The summed E-state index contributed by atoms with van der Waals surface area (Å²) in [5.74, 6) is 0. The van der Waals surface area contributed by atoms with Crippen LogP contribution in [0.2, 0.25) is 0 Å². The maximum atomic E-state index is 8.25. The molecule has 0 heterocycles. The molecule has 0 aliphatic carbocycles. The van der Waals surface area contributed by atoms with E-state index in [2.05, 4.69) is 0 Å². The van der Waals surface area contributed by atoms with Gasteiger partial charge in [0.2, 0.25) is 0 Å². The van der Waals surface area contributed by atoms with E-state index in [1.807, 2.05) is 0 Å². The van der Waals surface area contributed by atoms with Crippen molar-refractivity contribution in [2.45, 2.75) is 0 Å². The number of hydrogen-bond donors (Lipinski definition) is 0. The van der Waals surface area contributed by atoms with Crippen molar-refractivity contribution < 1.29 is 96.1 Å². The van der Waals surface area contributed by atoms with Crippen molar-refractivity contribution in [3.8, 4) is 0 Å². The minimum absolute atomic E-state index is 0. The van der Waals surface area contributed by atoms with Gasteiger partial charge in [0.15, 0.2) is 0 Å². The molecule has 0 saturated carbocycles. The standard InChI is InChI=1S/Al.Co.Cu.9NO3.Ni/c;;;9*2-1(3)4;/q+3;2*+2;9*-1;+2. The van der Waals surface area contributed by atoms with Crippen molar-refractivity contribution in [3.63, 3.8) is 0 Å². The first-order valence-electron chi connectivity index (χ1n) is 4.93. The molecule has 0 aliphatic rings. The Morgan fingerprint density at radius 1 is 0.250 bits per heavy atom. The van der Waals surface area contributed by atoms with Crippen LogP contribution in [-0.4, -0.2) is 63.1 Å². The van der Waals surface area contributed by atoms with Gasteiger partial charge in [-0.1, -0.05) is 0 Å². The van der Waals surface area contributed by atoms with E-state index in [4.69, 9.17) is 138 Å². The summed E-state index contributed by atoms with van der Waals surface area (Å²) >= 11 is 0. The summed E-state index contributed by atoms with van der Waals surface area (Å²) in [6, 6.07) is 0. The SMILES string of the molecule is O=[N+]([O-])[O-].O=[N+]([O-])[O-].O=[N+]([O-])[O-].O=[N+]([O-])[O-].O=[N+]([O-])[O-].O=[N+]([O-])[O-].O=[N+]([O-])[O-].O=[N+]([O-])[O-].O=[N+]([O-])[O-].[Al+3].[Co+2].[Cu+2].[Ni+2]. The van der Waals surface area contributed by atoms with Gasteiger partial charge in [0.25, 0.3) is 0 Å². The van der Waals surface area contributed by atoms with Gasteiger partial charge >= 0.3 is 67.7 Å². The summed E-state index contributed by atoms with van der Waals surface area (Å²) < 4.78 is 0. The van der Waals surface area contributed by atoms with Gasteiger partial charge in [-0.25, -0.2) is 0 Å². The van der Waals surface area contributed by atoms with Crippen LogP contribution in [0.5, 0.6) is 0 Å². The average Bonchev–Trinajstić information content (AvgIpc) is 2.39. The van der Waals surface area contributed by atoms with Crippen molar-refractivity contribution in [1.29, 1.82) is 0 Å². The zero-order chi connectivity index (χ0) is 32.2. The van der Waals surface area contributed by atoms with Crippen LogP contribution in [0.15, 0.2) is 0 Å². The van der Waals surface area contributed by atoms with Gasteiger partial charge in [-0.3, -0.25) is 0 Å². The van der Waals surface area contributed by atoms with Crippen molar-refractivity contribution >= 4 is 17.4 Å². The van der Waals surface area contributed by atoms with Gasteiger partial charge in [-0.15, -0.1) is 0 Å². The predicted molar refractivity (Wildman–Crippen MR) is 99.0 cm³/mol. The molecule has 0 amide bonds. The number of nitrogens with zero attached hydrogens (tertiary/aromatic N) is 9. The van der Waals surface area contributed by atoms with E-state index in [1.54, 1.807) is 0 Å². The predicted octanol–water partition coefficient (Wildman–Crippen LogP) is -2.54. The summed E-state index contributed by atoms with van der Waals surface area (Å²) in [6.07, 6.45) is 0. The summed E-state index contributed by atoms with van der Waals surface area (Å²) in [7, 11) is 0. The Hall–Kier alpha value is -5.15. The minimum Gasteiger partial charge on any atom is -0.356 e. The van der Waals surface area contributed by atoms with Gasteiger partial charge < -0.3 is 138 Å². The molecule has 0 spiro atoms. The smallest absolute Gasteiger partial charge is 0.356 e. The molecule has 0 rings (SSSR count). The van der Waals surface area contributed by atoms with Crippen LogP contribution < -0.4 is 0 Å². The summed E-state index contributed by atoms with van der Waals surface area (Å²) in [5, 5.41) is 133. The van der Waals surface area contributed by atoms with E-state index >= 15 is 0 Å². The van der Waals surface area contributed by atoms with Crippen molar-refractivity contribution in [1.82, 2.24) is 0 Å². The number of rotatable bonds is 0. The van der Waals surface area contributed by atoms with E-state index < -0.39 is 45.8 Å². The molecule has 0 saturated heterocycles. The molecule has 36 nitrogen and oxygen atoms in total. The van der Waals surface area contributed by atoms with E-state index in [9.17, 15) is 0 Å². The van der Waals surface area contributed by atoms with E-state index in [-0.39, 0.29) is 67.7 Å². The third kappa shape index (κ3) is 1260. The maximum Gasteiger partial charge on any atom is 3.00 e. The van der Waals surface area contributed by atoms with E-state index in [1.165, 1.54) is 0 Å². The average molecular weight is 766 g/mol. The first-order valence-corrected chi connectivity index (χ1v) is 4.93. The van der Waals surface area contributed by atoms with Gasteiger partial charge in [-0.05, 0) is 0 Å². The topological polar surface area (TPSA) is 596 Å². The Morgan fingerprint density at radius 3 is 0.250 bits per heavy atom. The zero-order valence-corrected chi connectivity index (χ0v) is 20.7. The van der Waals surface area contributed by atoms with Gasteiger partial charge in [0, 0.05) is 0 Å². The molecule has 0 bridgehead atoms. The molecule has 0 aromatic heterocycles. The molecule has 240 valence electrons. The molecule has 0 atom stereocenters. The van der Waals surface area contributed by atoms with Crippen LogP contribution in [0.1, 0.15) is 0 Å². The van der Waals surface area contributed by atoms with Gasteiger partial charge in [-0.2, -0.15) is 0 Å². The van der Waals surface area contributed by atoms with Gasteiger partial charge in [0.05, 0.1) is 45.8 Å². The van der Waals surface area contributed by atoms with Crippen molar-refractivity contribution in [2.24, 2.45) is 0 Å². The Morgan fingerprint density at radius 2 is 0.250 bits per heavy atom. The van der Waals surface area contributed by atoms with Crippen LogP contribution in [0, 0.1) is 138 Å². The minimum atomic E-state index is -1.75. The Kier molecular flexibility index (Phi) is 160. The fourth-order valence-corrected chi connectivity index (χ4v) is 0. The normalized spacial score (nSPS) is 5.40. The van der Waals surface area contributed by atoms with E-state index in [0.29, 0.717) is 0 Å². The Labute approximate surface area is 251 Å². The molecule has 0 N–H and O–H groups in total. The first-order chi connectivity index (χ1) is 15.6. The summed E-state index contributed by atoms with van der Waals surface area (Å²) in [4.78, 5) is 74.2. The summed E-state index contributed by atoms with van der Waals surface area (Å²) in [6.45, 7) is 0. The molecule has 40 heteroatoms. The second kappa shape index (κ2) is 76.5. The monoisotopic (exact) mass is 765 g/mol.